The normalized spacial score (nSPS) is 12.2. The molecule has 0 radical (unpaired) electrons. The van der Waals surface area contributed by atoms with Crippen LogP contribution < -0.4 is 10.1 Å². The highest BCUT2D eigenvalue weighted by atomic mass is 35.5. The zero-order valence-corrected chi connectivity index (χ0v) is 15.0. The lowest BCUT2D eigenvalue weighted by Gasteiger charge is -2.17. The molecule has 22 heavy (non-hydrogen) atoms. The summed E-state index contributed by atoms with van der Waals surface area (Å²) >= 11 is 13.8. The minimum absolute atomic E-state index is 0.338. The number of ether oxygens (including phenoxy) is 1. The Labute approximate surface area is 145 Å². The molecule has 4 nitrogen and oxygen atoms in total. The summed E-state index contributed by atoms with van der Waals surface area (Å²) in [4.78, 5) is 11.3. The first-order chi connectivity index (χ1) is 10.5. The van der Waals surface area contributed by atoms with E-state index >= 15 is 0 Å². The molecule has 0 aliphatic carbocycles. The first kappa shape index (κ1) is 19.4. The summed E-state index contributed by atoms with van der Waals surface area (Å²) < 4.78 is 5.66. The van der Waals surface area contributed by atoms with Gasteiger partial charge < -0.3 is 15.2 Å². The minimum Gasteiger partial charge on any atom is -0.492 e. The zero-order valence-electron chi connectivity index (χ0n) is 12.7. The molecule has 0 bridgehead atoms. The van der Waals surface area contributed by atoms with Crippen LogP contribution in [0, 0.1) is 0 Å². The van der Waals surface area contributed by atoms with Gasteiger partial charge in [0.05, 0.1) is 11.6 Å². The minimum atomic E-state index is -0.863. The highest BCUT2D eigenvalue weighted by Gasteiger charge is 2.18. The summed E-state index contributed by atoms with van der Waals surface area (Å²) in [5.74, 6) is 0.479. The average Bonchev–Trinajstić information content (AvgIpc) is 2.45. The SMILES string of the molecule is CCCOc1c(Cl)cc(Cl)cc1CNC(CCSC)C(=O)O. The quantitative estimate of drug-likeness (QED) is 0.654. The van der Waals surface area contributed by atoms with Crippen molar-refractivity contribution >= 4 is 40.9 Å². The summed E-state index contributed by atoms with van der Waals surface area (Å²) in [5.41, 5.74) is 0.765. The van der Waals surface area contributed by atoms with E-state index in [2.05, 4.69) is 5.32 Å². The van der Waals surface area contributed by atoms with E-state index in [4.69, 9.17) is 27.9 Å². The van der Waals surface area contributed by atoms with Gasteiger partial charge in [0.25, 0.3) is 0 Å². The number of carboxylic acids is 1. The first-order valence-corrected chi connectivity index (χ1v) is 9.20. The third-order valence-corrected chi connectivity index (χ3v) is 4.13. The van der Waals surface area contributed by atoms with Crippen molar-refractivity contribution in [3.8, 4) is 5.75 Å². The Hall–Kier alpha value is -0.620. The molecule has 0 aliphatic heterocycles. The number of hydrogen-bond donors (Lipinski definition) is 2. The third-order valence-electron chi connectivity index (χ3n) is 2.98. The smallest absolute Gasteiger partial charge is 0.320 e. The second kappa shape index (κ2) is 10.2. The van der Waals surface area contributed by atoms with E-state index in [1.165, 1.54) is 0 Å². The Balaban J connectivity index is 2.83. The van der Waals surface area contributed by atoms with Gasteiger partial charge in [-0.3, -0.25) is 4.79 Å². The maximum atomic E-state index is 11.3. The average molecular weight is 366 g/mol. The molecular weight excluding hydrogens is 345 g/mol. The van der Waals surface area contributed by atoms with Crippen LogP contribution in [0.1, 0.15) is 25.3 Å². The van der Waals surface area contributed by atoms with Crippen LogP contribution >= 0.6 is 35.0 Å². The molecule has 1 atom stereocenters. The maximum Gasteiger partial charge on any atom is 0.320 e. The molecule has 7 heteroatoms. The molecule has 0 fully saturated rings. The third kappa shape index (κ3) is 6.24. The maximum absolute atomic E-state index is 11.3. The molecule has 1 aromatic rings. The van der Waals surface area contributed by atoms with Gasteiger partial charge in [0.1, 0.15) is 11.8 Å². The van der Waals surface area contributed by atoms with Crippen molar-refractivity contribution in [1.82, 2.24) is 5.32 Å². The summed E-state index contributed by atoms with van der Waals surface area (Å²) in [6, 6.07) is 2.77. The summed E-state index contributed by atoms with van der Waals surface area (Å²) in [5, 5.41) is 13.2. The molecule has 0 spiro atoms. The molecule has 2 N–H and O–H groups in total. The predicted octanol–water partition coefficient (Wildman–Crippen LogP) is 4.08. The molecule has 124 valence electrons. The monoisotopic (exact) mass is 365 g/mol. The molecular formula is C15H21Cl2NO3S. The predicted molar refractivity (Wildman–Crippen MR) is 93.5 cm³/mol. The fourth-order valence-corrected chi connectivity index (χ4v) is 2.95. The fraction of sp³-hybridized carbons (Fsp3) is 0.533. The van der Waals surface area contributed by atoms with Crippen molar-refractivity contribution in [1.29, 1.82) is 0 Å². The fourth-order valence-electron chi connectivity index (χ4n) is 1.89. The molecule has 1 unspecified atom stereocenters. The van der Waals surface area contributed by atoms with Gasteiger partial charge in [-0.25, -0.2) is 0 Å². The van der Waals surface area contributed by atoms with Crippen molar-refractivity contribution < 1.29 is 14.6 Å². The van der Waals surface area contributed by atoms with E-state index in [1.807, 2.05) is 13.2 Å². The van der Waals surface area contributed by atoms with Crippen LogP contribution in [-0.2, 0) is 11.3 Å². The summed E-state index contributed by atoms with van der Waals surface area (Å²) in [7, 11) is 0. The van der Waals surface area contributed by atoms with Gasteiger partial charge >= 0.3 is 5.97 Å². The van der Waals surface area contributed by atoms with E-state index in [0.717, 1.165) is 17.7 Å². The van der Waals surface area contributed by atoms with Crippen LogP contribution in [0.2, 0.25) is 10.0 Å². The summed E-state index contributed by atoms with van der Waals surface area (Å²) in [6.07, 6.45) is 3.36. The Kier molecular flexibility index (Phi) is 9.02. The number of benzene rings is 1. The molecule has 0 saturated heterocycles. The Morgan fingerprint density at radius 3 is 2.77 bits per heavy atom. The van der Waals surface area contributed by atoms with Crippen molar-refractivity contribution in [2.45, 2.75) is 32.4 Å². The van der Waals surface area contributed by atoms with E-state index in [9.17, 15) is 9.90 Å². The van der Waals surface area contributed by atoms with Crippen LogP contribution in [0.3, 0.4) is 0 Å². The number of hydrogen-bond acceptors (Lipinski definition) is 4. The van der Waals surface area contributed by atoms with Crippen LogP contribution in [0.4, 0.5) is 0 Å². The van der Waals surface area contributed by atoms with Crippen LogP contribution in [-0.4, -0.2) is 35.7 Å². The molecule has 0 aromatic heterocycles. The Morgan fingerprint density at radius 1 is 1.45 bits per heavy atom. The van der Waals surface area contributed by atoms with Crippen LogP contribution in [0.5, 0.6) is 5.75 Å². The van der Waals surface area contributed by atoms with Crippen molar-refractivity contribution in [3.05, 3.63) is 27.7 Å². The zero-order chi connectivity index (χ0) is 16.5. The lowest BCUT2D eigenvalue weighted by Crippen LogP contribution is -2.36. The number of thioether (sulfide) groups is 1. The van der Waals surface area contributed by atoms with E-state index in [1.54, 1.807) is 23.9 Å². The Morgan fingerprint density at radius 2 is 2.18 bits per heavy atom. The molecule has 0 aliphatic rings. The lowest BCUT2D eigenvalue weighted by atomic mass is 10.1. The number of carbonyl (C=O) groups is 1. The van der Waals surface area contributed by atoms with Crippen LogP contribution in [0.25, 0.3) is 0 Å². The van der Waals surface area contributed by atoms with Gasteiger partial charge in [-0.05, 0) is 37.0 Å². The number of halogens is 2. The number of carboxylic acid groups (broad SMARTS) is 1. The second-order valence-electron chi connectivity index (χ2n) is 4.78. The van der Waals surface area contributed by atoms with Crippen molar-refractivity contribution in [3.63, 3.8) is 0 Å². The van der Waals surface area contributed by atoms with Gasteiger partial charge in [-0.2, -0.15) is 11.8 Å². The highest BCUT2D eigenvalue weighted by Crippen LogP contribution is 2.32. The summed E-state index contributed by atoms with van der Waals surface area (Å²) in [6.45, 7) is 2.89. The van der Waals surface area contributed by atoms with Gasteiger partial charge in [0.15, 0.2) is 0 Å². The van der Waals surface area contributed by atoms with Gasteiger partial charge in [-0.15, -0.1) is 0 Å². The molecule has 0 saturated carbocycles. The first-order valence-electron chi connectivity index (χ1n) is 7.05. The topological polar surface area (TPSA) is 58.6 Å². The molecule has 1 rings (SSSR count). The largest absolute Gasteiger partial charge is 0.492 e. The van der Waals surface area contributed by atoms with E-state index in [0.29, 0.717) is 35.4 Å². The van der Waals surface area contributed by atoms with Crippen molar-refractivity contribution in [2.24, 2.45) is 0 Å². The van der Waals surface area contributed by atoms with Gasteiger partial charge in [0.2, 0.25) is 0 Å². The molecule has 1 aromatic carbocycles. The number of nitrogens with one attached hydrogen (secondary N) is 1. The number of aliphatic carboxylic acids is 1. The van der Waals surface area contributed by atoms with Crippen molar-refractivity contribution in [2.75, 3.05) is 18.6 Å². The Bertz CT molecular complexity index is 500. The molecule has 0 heterocycles. The highest BCUT2D eigenvalue weighted by molar-refractivity contribution is 7.98. The lowest BCUT2D eigenvalue weighted by molar-refractivity contribution is -0.139. The molecule has 0 amide bonds. The van der Waals surface area contributed by atoms with Gasteiger partial charge in [-0.1, -0.05) is 30.1 Å². The number of rotatable bonds is 10. The van der Waals surface area contributed by atoms with Crippen LogP contribution in [0.15, 0.2) is 12.1 Å². The van der Waals surface area contributed by atoms with Gasteiger partial charge in [0, 0.05) is 17.1 Å². The van der Waals surface area contributed by atoms with E-state index in [-0.39, 0.29) is 0 Å². The van der Waals surface area contributed by atoms with E-state index < -0.39 is 12.0 Å². The standard InChI is InChI=1S/C15H21Cl2NO3S/c1-3-5-21-14-10(7-11(16)8-12(14)17)9-18-13(15(19)20)4-6-22-2/h7-8,13,18H,3-6,9H2,1-2H3,(H,19,20). The second-order valence-corrected chi connectivity index (χ2v) is 6.61.